The maximum Gasteiger partial charge on any atom is 0.324 e. The van der Waals surface area contributed by atoms with Crippen molar-refractivity contribution in [3.8, 4) is 0 Å². The van der Waals surface area contributed by atoms with E-state index in [2.05, 4.69) is 52.7 Å². The lowest BCUT2D eigenvalue weighted by atomic mass is 9.76. The highest BCUT2D eigenvalue weighted by molar-refractivity contribution is 5.96. The molecule has 3 heterocycles. The molecule has 6 heteroatoms. The van der Waals surface area contributed by atoms with Gasteiger partial charge in [0, 0.05) is 55.1 Å². The zero-order valence-electron chi connectivity index (χ0n) is 14.8. The Bertz CT molecular complexity index is 944. The number of imide groups is 1. The van der Waals surface area contributed by atoms with Gasteiger partial charge in [0.25, 0.3) is 0 Å². The van der Waals surface area contributed by atoms with Crippen LogP contribution in [-0.4, -0.2) is 59.4 Å². The molecule has 2 N–H and O–H groups in total. The van der Waals surface area contributed by atoms with Crippen LogP contribution in [0.5, 0.6) is 0 Å². The van der Waals surface area contributed by atoms with E-state index in [0.29, 0.717) is 31.5 Å². The van der Waals surface area contributed by atoms with Crippen LogP contribution in [0.25, 0.3) is 10.9 Å². The van der Waals surface area contributed by atoms with Gasteiger partial charge in [0.2, 0.25) is 5.91 Å². The Kier molecular flexibility index (Phi) is 3.43. The molecule has 1 unspecified atom stereocenters. The van der Waals surface area contributed by atoms with Crippen molar-refractivity contribution < 1.29 is 9.59 Å². The number of urea groups is 1. The molecule has 3 amide bonds. The van der Waals surface area contributed by atoms with Crippen LogP contribution in [0.15, 0.2) is 36.0 Å². The van der Waals surface area contributed by atoms with E-state index in [4.69, 9.17) is 0 Å². The molecule has 2 aliphatic heterocycles. The first-order valence-corrected chi connectivity index (χ1v) is 9.17. The van der Waals surface area contributed by atoms with Crippen molar-refractivity contribution >= 4 is 22.8 Å². The summed E-state index contributed by atoms with van der Waals surface area (Å²) >= 11 is 0. The molecule has 2 aromatic rings. The highest BCUT2D eigenvalue weighted by atomic mass is 16.2. The van der Waals surface area contributed by atoms with Gasteiger partial charge in [0.1, 0.15) is 0 Å². The number of nitrogens with one attached hydrogen (secondary N) is 2. The molecule has 1 aromatic heterocycles. The highest BCUT2D eigenvalue weighted by Gasteiger charge is 2.36. The van der Waals surface area contributed by atoms with Crippen molar-refractivity contribution in [3.05, 3.63) is 47.2 Å². The third kappa shape index (κ3) is 2.36. The smallest absolute Gasteiger partial charge is 0.324 e. The minimum atomic E-state index is -0.273. The predicted molar refractivity (Wildman–Crippen MR) is 99.0 cm³/mol. The number of hydrogen-bond acceptors (Lipinski definition) is 3. The molecule has 26 heavy (non-hydrogen) atoms. The zero-order chi connectivity index (χ0) is 17.8. The summed E-state index contributed by atoms with van der Waals surface area (Å²) in [6.45, 7) is 1.94. The lowest BCUT2D eigenvalue weighted by Gasteiger charge is -2.42. The Morgan fingerprint density at radius 3 is 3.00 bits per heavy atom. The largest absolute Gasteiger partial charge is 0.361 e. The van der Waals surface area contributed by atoms with Crippen LogP contribution in [0, 0.1) is 0 Å². The van der Waals surface area contributed by atoms with Crippen LogP contribution in [-0.2, 0) is 11.2 Å². The fourth-order valence-electron chi connectivity index (χ4n) is 4.76. The summed E-state index contributed by atoms with van der Waals surface area (Å²) in [6.07, 6.45) is 5.93. The van der Waals surface area contributed by atoms with Gasteiger partial charge >= 0.3 is 6.03 Å². The first-order valence-electron chi connectivity index (χ1n) is 9.17. The Labute approximate surface area is 151 Å². The van der Waals surface area contributed by atoms with E-state index in [0.717, 1.165) is 13.0 Å². The number of benzene rings is 1. The number of hydrogen-bond donors (Lipinski definition) is 2. The van der Waals surface area contributed by atoms with Crippen LogP contribution in [0.4, 0.5) is 4.79 Å². The van der Waals surface area contributed by atoms with E-state index in [1.807, 2.05) is 0 Å². The molecule has 1 saturated heterocycles. The summed E-state index contributed by atoms with van der Waals surface area (Å²) in [5, 5.41) is 3.78. The monoisotopic (exact) mass is 350 g/mol. The average Bonchev–Trinajstić information content (AvgIpc) is 3.03. The fourth-order valence-corrected chi connectivity index (χ4v) is 4.76. The second-order valence-electron chi connectivity index (χ2n) is 7.65. The van der Waals surface area contributed by atoms with Crippen LogP contribution in [0.1, 0.15) is 23.5 Å². The number of carbonyl (C=O) groups is 2. The number of likely N-dealkylation sites (N-methyl/N-ethyl adjacent to an activating group) is 1. The summed E-state index contributed by atoms with van der Waals surface area (Å²) < 4.78 is 0. The van der Waals surface area contributed by atoms with E-state index in [-0.39, 0.29) is 11.9 Å². The molecule has 0 radical (unpaired) electrons. The quantitative estimate of drug-likeness (QED) is 0.814. The maximum absolute atomic E-state index is 12.1. The number of fused-ring (bicyclic) bond motifs is 2. The third-order valence-corrected chi connectivity index (χ3v) is 5.99. The molecule has 0 bridgehead atoms. The Morgan fingerprint density at radius 2 is 2.15 bits per heavy atom. The number of rotatable bonds is 2. The number of aromatic amines is 1. The molecule has 134 valence electrons. The maximum atomic E-state index is 12.1. The van der Waals surface area contributed by atoms with Crippen molar-refractivity contribution in [1.29, 1.82) is 0 Å². The minimum Gasteiger partial charge on any atom is -0.361 e. The second kappa shape index (κ2) is 5.71. The van der Waals surface area contributed by atoms with Gasteiger partial charge in [-0.1, -0.05) is 18.2 Å². The van der Waals surface area contributed by atoms with Crippen LogP contribution in [0.2, 0.25) is 0 Å². The lowest BCUT2D eigenvalue weighted by Crippen LogP contribution is -2.51. The zero-order valence-corrected chi connectivity index (χ0v) is 14.8. The van der Waals surface area contributed by atoms with Crippen molar-refractivity contribution in [1.82, 2.24) is 20.1 Å². The Balaban J connectivity index is 1.48. The number of carbonyl (C=O) groups excluding carboxylic acids is 2. The summed E-state index contributed by atoms with van der Waals surface area (Å²) in [7, 11) is 2.17. The number of nitrogens with zero attached hydrogens (tertiary/aromatic N) is 2. The number of aromatic nitrogens is 1. The SMILES string of the molecule is CN1CC(CN2CCC(=O)NC2=O)=CC2c3cccc4[nH]cc(c34)C[C@H]21. The molecule has 2 atom stereocenters. The molecule has 1 fully saturated rings. The van der Waals surface area contributed by atoms with Gasteiger partial charge in [-0.15, -0.1) is 0 Å². The first kappa shape index (κ1) is 15.6. The van der Waals surface area contributed by atoms with Crippen molar-refractivity contribution in [2.24, 2.45) is 0 Å². The first-order chi connectivity index (χ1) is 12.6. The van der Waals surface area contributed by atoms with Gasteiger partial charge < -0.3 is 9.88 Å². The third-order valence-electron chi connectivity index (χ3n) is 5.99. The molecule has 0 saturated carbocycles. The fraction of sp³-hybridized carbons (Fsp3) is 0.400. The van der Waals surface area contributed by atoms with Crippen molar-refractivity contribution in [2.45, 2.75) is 24.8 Å². The summed E-state index contributed by atoms with van der Waals surface area (Å²) in [4.78, 5) is 31.0. The van der Waals surface area contributed by atoms with Gasteiger partial charge in [-0.05, 0) is 36.2 Å². The molecular formula is C20H22N4O2. The highest BCUT2D eigenvalue weighted by Crippen LogP contribution is 2.41. The number of H-pyrrole nitrogens is 1. The minimum absolute atomic E-state index is 0.181. The van der Waals surface area contributed by atoms with Crippen molar-refractivity contribution in [3.63, 3.8) is 0 Å². The van der Waals surface area contributed by atoms with Crippen LogP contribution in [0.3, 0.4) is 0 Å². The summed E-state index contributed by atoms with van der Waals surface area (Å²) in [5.41, 5.74) is 5.22. The van der Waals surface area contributed by atoms with E-state index >= 15 is 0 Å². The van der Waals surface area contributed by atoms with Crippen LogP contribution < -0.4 is 5.32 Å². The van der Waals surface area contributed by atoms with Gasteiger partial charge in [-0.25, -0.2) is 4.79 Å². The predicted octanol–water partition coefficient (Wildman–Crippen LogP) is 1.99. The summed E-state index contributed by atoms with van der Waals surface area (Å²) in [6, 6.07) is 6.66. The van der Waals surface area contributed by atoms with Crippen LogP contribution >= 0.6 is 0 Å². The molecule has 5 rings (SSSR count). The summed E-state index contributed by atoms with van der Waals surface area (Å²) in [5.74, 6) is 0.158. The normalized spacial score (nSPS) is 25.9. The standard InChI is InChI=1S/C20H22N4O2/c1-23-10-12(11-24-6-5-18(25)22-20(24)26)7-15-14-3-2-4-16-19(14)13(9-21-16)8-17(15)23/h2-4,7,9,15,17,21H,5-6,8,10-11H2,1H3,(H,22,25,26)/t15?,17-/m1/s1. The molecule has 0 spiro atoms. The van der Waals surface area contributed by atoms with Gasteiger partial charge in [0.05, 0.1) is 0 Å². The Morgan fingerprint density at radius 1 is 1.27 bits per heavy atom. The molecule has 3 aliphatic rings. The topological polar surface area (TPSA) is 68.4 Å². The van der Waals surface area contributed by atoms with E-state index < -0.39 is 0 Å². The van der Waals surface area contributed by atoms with Gasteiger partial charge in [-0.3, -0.25) is 15.0 Å². The van der Waals surface area contributed by atoms with E-state index in [1.165, 1.54) is 27.6 Å². The lowest BCUT2D eigenvalue weighted by molar-refractivity contribution is -0.121. The van der Waals surface area contributed by atoms with Crippen molar-refractivity contribution in [2.75, 3.05) is 26.7 Å². The molecule has 6 nitrogen and oxygen atoms in total. The Hall–Kier alpha value is -2.60. The van der Waals surface area contributed by atoms with Gasteiger partial charge in [0.15, 0.2) is 0 Å². The van der Waals surface area contributed by atoms with E-state index in [1.54, 1.807) is 4.90 Å². The number of amides is 3. The molecule has 1 aromatic carbocycles. The van der Waals surface area contributed by atoms with E-state index in [9.17, 15) is 9.59 Å². The average molecular weight is 350 g/mol. The second-order valence-corrected chi connectivity index (χ2v) is 7.65. The molecular weight excluding hydrogens is 328 g/mol. The van der Waals surface area contributed by atoms with Gasteiger partial charge in [-0.2, -0.15) is 0 Å². The molecule has 1 aliphatic carbocycles.